The number of likely N-dealkylation sites (N-methyl/N-ethyl adjacent to an activating group) is 1. The van der Waals surface area contributed by atoms with E-state index < -0.39 is 0 Å². The summed E-state index contributed by atoms with van der Waals surface area (Å²) in [5, 5.41) is 6.65. The second-order valence-corrected chi connectivity index (χ2v) is 7.30. The molecule has 4 rings (SSSR count). The Hall–Kier alpha value is -3.67. The van der Waals surface area contributed by atoms with Crippen molar-refractivity contribution < 1.29 is 9.53 Å². The lowest BCUT2D eigenvalue weighted by atomic mass is 10.1. The van der Waals surface area contributed by atoms with Gasteiger partial charge in [-0.1, -0.05) is 48.5 Å². The number of hydrogen-bond acceptors (Lipinski definition) is 4. The molecule has 4 aromatic rings. The summed E-state index contributed by atoms with van der Waals surface area (Å²) in [7, 11) is 3.47. The van der Waals surface area contributed by atoms with E-state index in [-0.39, 0.29) is 12.5 Å². The van der Waals surface area contributed by atoms with E-state index in [1.54, 1.807) is 16.7 Å². The maximum atomic E-state index is 12.9. The third kappa shape index (κ3) is 4.17. The minimum atomic E-state index is -0.0214. The molecule has 0 unspecified atom stereocenters. The Morgan fingerprint density at radius 3 is 2.53 bits per heavy atom. The summed E-state index contributed by atoms with van der Waals surface area (Å²) >= 11 is 0. The SMILES string of the molecule is COc1ccc2cc(CN(C)C(=O)Cn3nc(C)nc3-c3ccccc3)ccc2c1. The summed E-state index contributed by atoms with van der Waals surface area (Å²) in [6.45, 7) is 2.50. The predicted molar refractivity (Wildman–Crippen MR) is 117 cm³/mol. The molecule has 0 saturated carbocycles. The van der Waals surface area contributed by atoms with Gasteiger partial charge >= 0.3 is 0 Å². The van der Waals surface area contributed by atoms with E-state index >= 15 is 0 Å². The van der Waals surface area contributed by atoms with Gasteiger partial charge in [-0.05, 0) is 41.5 Å². The Balaban J connectivity index is 1.49. The van der Waals surface area contributed by atoms with Crippen LogP contribution in [0.4, 0.5) is 0 Å². The van der Waals surface area contributed by atoms with Crippen molar-refractivity contribution in [3.8, 4) is 17.1 Å². The van der Waals surface area contributed by atoms with E-state index in [4.69, 9.17) is 4.74 Å². The standard InChI is InChI=1S/C24H24N4O2/c1-17-25-24(19-7-5-4-6-8-19)28(26-17)16-23(29)27(2)15-18-9-10-21-14-22(30-3)12-11-20(21)13-18/h4-14H,15-16H2,1-3H3. The molecule has 1 aromatic heterocycles. The van der Waals surface area contributed by atoms with Crippen molar-refractivity contribution in [3.05, 3.63) is 78.1 Å². The first-order valence-electron chi connectivity index (χ1n) is 9.81. The minimum Gasteiger partial charge on any atom is -0.497 e. The van der Waals surface area contributed by atoms with Gasteiger partial charge in [0.1, 0.15) is 18.1 Å². The lowest BCUT2D eigenvalue weighted by Crippen LogP contribution is -2.30. The summed E-state index contributed by atoms with van der Waals surface area (Å²) in [4.78, 5) is 19.1. The number of ether oxygens (including phenoxy) is 1. The third-order valence-corrected chi connectivity index (χ3v) is 5.05. The van der Waals surface area contributed by atoms with Crippen LogP contribution in [0.5, 0.6) is 5.75 Å². The van der Waals surface area contributed by atoms with Gasteiger partial charge in [0.25, 0.3) is 0 Å². The maximum absolute atomic E-state index is 12.9. The van der Waals surface area contributed by atoms with Gasteiger partial charge in [0.05, 0.1) is 7.11 Å². The molecule has 3 aromatic carbocycles. The maximum Gasteiger partial charge on any atom is 0.244 e. The fraction of sp³-hybridized carbons (Fsp3) is 0.208. The van der Waals surface area contributed by atoms with Gasteiger partial charge in [-0.3, -0.25) is 4.79 Å². The van der Waals surface area contributed by atoms with Crippen molar-refractivity contribution in [1.29, 1.82) is 0 Å². The second-order valence-electron chi connectivity index (χ2n) is 7.30. The van der Waals surface area contributed by atoms with E-state index in [2.05, 4.69) is 22.2 Å². The van der Waals surface area contributed by atoms with Crippen LogP contribution in [-0.2, 0) is 17.9 Å². The van der Waals surface area contributed by atoms with Crippen molar-refractivity contribution in [3.63, 3.8) is 0 Å². The summed E-state index contributed by atoms with van der Waals surface area (Å²) in [5.41, 5.74) is 2.01. The molecule has 0 N–H and O–H groups in total. The van der Waals surface area contributed by atoms with Crippen molar-refractivity contribution in [1.82, 2.24) is 19.7 Å². The lowest BCUT2D eigenvalue weighted by Gasteiger charge is -2.18. The fourth-order valence-corrected chi connectivity index (χ4v) is 3.48. The van der Waals surface area contributed by atoms with Crippen LogP contribution in [0.2, 0.25) is 0 Å². The third-order valence-electron chi connectivity index (χ3n) is 5.05. The topological polar surface area (TPSA) is 60.2 Å². The van der Waals surface area contributed by atoms with Crippen molar-refractivity contribution in [2.24, 2.45) is 0 Å². The number of nitrogens with zero attached hydrogens (tertiary/aromatic N) is 4. The molecular weight excluding hydrogens is 376 g/mol. The molecule has 1 amide bonds. The normalized spacial score (nSPS) is 10.9. The van der Waals surface area contributed by atoms with Gasteiger partial charge in [0.15, 0.2) is 5.82 Å². The number of carbonyl (C=O) groups is 1. The Bertz CT molecular complexity index is 1180. The first-order valence-corrected chi connectivity index (χ1v) is 9.81. The molecule has 0 saturated heterocycles. The zero-order chi connectivity index (χ0) is 21.1. The Labute approximate surface area is 175 Å². The van der Waals surface area contributed by atoms with E-state index in [9.17, 15) is 4.79 Å². The highest BCUT2D eigenvalue weighted by molar-refractivity contribution is 5.84. The molecule has 30 heavy (non-hydrogen) atoms. The van der Waals surface area contributed by atoms with Crippen LogP contribution in [0.15, 0.2) is 66.7 Å². The summed E-state index contributed by atoms with van der Waals surface area (Å²) < 4.78 is 6.96. The highest BCUT2D eigenvalue weighted by Crippen LogP contribution is 2.22. The first kappa shape index (κ1) is 19.6. The number of carbonyl (C=O) groups excluding carboxylic acids is 1. The van der Waals surface area contributed by atoms with E-state index in [0.717, 1.165) is 27.6 Å². The highest BCUT2D eigenvalue weighted by Gasteiger charge is 2.16. The number of benzene rings is 3. The summed E-state index contributed by atoms with van der Waals surface area (Å²) in [6, 6.07) is 22.0. The summed E-state index contributed by atoms with van der Waals surface area (Å²) in [5.74, 6) is 2.16. The van der Waals surface area contributed by atoms with Crippen molar-refractivity contribution in [2.75, 3.05) is 14.2 Å². The van der Waals surface area contributed by atoms with E-state index in [1.807, 2.05) is 68.6 Å². The molecule has 0 aliphatic rings. The number of amides is 1. The lowest BCUT2D eigenvalue weighted by molar-refractivity contribution is -0.131. The van der Waals surface area contributed by atoms with Crippen molar-refractivity contribution >= 4 is 16.7 Å². The van der Waals surface area contributed by atoms with Crippen LogP contribution in [0.25, 0.3) is 22.2 Å². The summed E-state index contributed by atoms with van der Waals surface area (Å²) in [6.07, 6.45) is 0. The zero-order valence-corrected chi connectivity index (χ0v) is 17.4. The van der Waals surface area contributed by atoms with Gasteiger partial charge in [-0.25, -0.2) is 9.67 Å². The second kappa shape index (κ2) is 8.37. The number of methoxy groups -OCH3 is 1. The van der Waals surface area contributed by atoms with Gasteiger partial charge in [0.2, 0.25) is 5.91 Å². The van der Waals surface area contributed by atoms with Crippen LogP contribution in [0.3, 0.4) is 0 Å². The molecule has 0 radical (unpaired) electrons. The smallest absolute Gasteiger partial charge is 0.244 e. The average Bonchev–Trinajstić information content (AvgIpc) is 3.13. The molecule has 0 aliphatic heterocycles. The zero-order valence-electron chi connectivity index (χ0n) is 17.4. The number of fused-ring (bicyclic) bond motifs is 1. The largest absolute Gasteiger partial charge is 0.497 e. The number of rotatable bonds is 6. The van der Waals surface area contributed by atoms with Gasteiger partial charge in [-0.2, -0.15) is 5.10 Å². The van der Waals surface area contributed by atoms with Gasteiger partial charge in [0, 0.05) is 19.2 Å². The molecule has 0 aliphatic carbocycles. The molecule has 6 nitrogen and oxygen atoms in total. The molecule has 0 spiro atoms. The molecular formula is C24H24N4O2. The predicted octanol–water partition coefficient (Wildman–Crippen LogP) is 4.07. The number of hydrogen-bond donors (Lipinski definition) is 0. The van der Waals surface area contributed by atoms with E-state index in [1.165, 1.54) is 0 Å². The van der Waals surface area contributed by atoms with Crippen LogP contribution >= 0.6 is 0 Å². The molecule has 0 bridgehead atoms. The molecule has 0 atom stereocenters. The Morgan fingerprint density at radius 2 is 1.77 bits per heavy atom. The highest BCUT2D eigenvalue weighted by atomic mass is 16.5. The first-order chi connectivity index (χ1) is 14.5. The molecule has 6 heteroatoms. The van der Waals surface area contributed by atoms with Crippen molar-refractivity contribution in [2.45, 2.75) is 20.0 Å². The average molecular weight is 400 g/mol. The number of aryl methyl sites for hydroxylation is 1. The Morgan fingerprint density at radius 1 is 1.03 bits per heavy atom. The fourth-order valence-electron chi connectivity index (χ4n) is 3.48. The molecule has 1 heterocycles. The number of aromatic nitrogens is 3. The van der Waals surface area contributed by atoms with Crippen LogP contribution in [-0.4, -0.2) is 39.7 Å². The van der Waals surface area contributed by atoms with Crippen LogP contribution < -0.4 is 4.74 Å². The molecule has 152 valence electrons. The van der Waals surface area contributed by atoms with Crippen LogP contribution in [0, 0.1) is 6.92 Å². The van der Waals surface area contributed by atoms with Gasteiger partial charge in [-0.15, -0.1) is 0 Å². The monoisotopic (exact) mass is 400 g/mol. The molecule has 0 fully saturated rings. The Kier molecular flexibility index (Phi) is 5.48. The van der Waals surface area contributed by atoms with Crippen LogP contribution in [0.1, 0.15) is 11.4 Å². The van der Waals surface area contributed by atoms with Gasteiger partial charge < -0.3 is 9.64 Å². The van der Waals surface area contributed by atoms with E-state index in [0.29, 0.717) is 18.2 Å². The quantitative estimate of drug-likeness (QED) is 0.489. The minimum absolute atomic E-state index is 0.0214.